The lowest BCUT2D eigenvalue weighted by molar-refractivity contribution is -0.118. The molecule has 0 spiro atoms. The zero-order chi connectivity index (χ0) is 20.2. The molecule has 1 heterocycles. The van der Waals surface area contributed by atoms with Gasteiger partial charge in [-0.2, -0.15) is 4.99 Å². The van der Waals surface area contributed by atoms with Crippen LogP contribution in [0.3, 0.4) is 0 Å². The number of halogens is 1. The van der Waals surface area contributed by atoms with Crippen molar-refractivity contribution in [3.05, 3.63) is 101 Å². The first kappa shape index (κ1) is 18.9. The second kappa shape index (κ2) is 8.26. The van der Waals surface area contributed by atoms with E-state index in [4.69, 9.17) is 6.42 Å². The van der Waals surface area contributed by atoms with E-state index in [1.54, 1.807) is 10.6 Å². The van der Waals surface area contributed by atoms with Crippen LogP contribution in [0.5, 0.6) is 0 Å². The number of benzene rings is 3. The Bertz CT molecular complexity index is 1230. The summed E-state index contributed by atoms with van der Waals surface area (Å²) >= 11 is 1.25. The minimum Gasteiger partial charge on any atom is -0.305 e. The third-order valence-electron chi connectivity index (χ3n) is 4.61. The van der Waals surface area contributed by atoms with Crippen molar-refractivity contribution in [2.45, 2.75) is 12.5 Å². The average molecular weight is 400 g/mol. The van der Waals surface area contributed by atoms with Gasteiger partial charge in [0, 0.05) is 0 Å². The van der Waals surface area contributed by atoms with Crippen LogP contribution in [-0.2, 0) is 11.3 Å². The lowest BCUT2D eigenvalue weighted by atomic mass is 9.91. The maximum atomic E-state index is 13.7. The van der Waals surface area contributed by atoms with E-state index < -0.39 is 5.92 Å². The lowest BCUT2D eigenvalue weighted by Crippen LogP contribution is -2.20. The maximum Gasteiger partial charge on any atom is 0.260 e. The SMILES string of the molecule is C#CCn1c(=NC(=O)C(c2ccccc2)c2ccccc2)sc2cc(F)ccc21. The Morgan fingerprint density at radius 3 is 2.24 bits per heavy atom. The second-order valence-electron chi connectivity index (χ2n) is 6.49. The van der Waals surface area contributed by atoms with Gasteiger partial charge in [0.2, 0.25) is 0 Å². The molecule has 5 heteroatoms. The minimum atomic E-state index is -0.529. The lowest BCUT2D eigenvalue weighted by Gasteiger charge is -2.14. The summed E-state index contributed by atoms with van der Waals surface area (Å²) < 4.78 is 16.1. The fourth-order valence-electron chi connectivity index (χ4n) is 3.30. The highest BCUT2D eigenvalue weighted by atomic mass is 32.1. The number of carbonyl (C=O) groups is 1. The van der Waals surface area contributed by atoms with E-state index in [0.717, 1.165) is 16.6 Å². The highest BCUT2D eigenvalue weighted by Crippen LogP contribution is 2.26. The summed E-state index contributed by atoms with van der Waals surface area (Å²) in [7, 11) is 0. The van der Waals surface area contributed by atoms with Crippen LogP contribution in [0.15, 0.2) is 83.9 Å². The van der Waals surface area contributed by atoms with E-state index in [9.17, 15) is 9.18 Å². The van der Waals surface area contributed by atoms with Crippen molar-refractivity contribution in [2.75, 3.05) is 0 Å². The number of hydrogen-bond acceptors (Lipinski definition) is 2. The molecule has 0 saturated heterocycles. The van der Waals surface area contributed by atoms with E-state index in [1.807, 2.05) is 60.7 Å². The Balaban J connectivity index is 1.87. The molecule has 29 heavy (non-hydrogen) atoms. The maximum absolute atomic E-state index is 13.7. The molecule has 0 atom stereocenters. The molecular formula is C24H17FN2OS. The number of aromatic nitrogens is 1. The number of carbonyl (C=O) groups excluding carboxylic acids is 1. The van der Waals surface area contributed by atoms with Gasteiger partial charge in [0.15, 0.2) is 4.80 Å². The summed E-state index contributed by atoms with van der Waals surface area (Å²) in [4.78, 5) is 18.2. The van der Waals surface area contributed by atoms with Gasteiger partial charge in [-0.3, -0.25) is 4.79 Å². The molecule has 0 aliphatic carbocycles. The van der Waals surface area contributed by atoms with Crippen molar-refractivity contribution in [3.8, 4) is 12.3 Å². The smallest absolute Gasteiger partial charge is 0.260 e. The molecule has 3 aromatic carbocycles. The molecule has 0 aliphatic heterocycles. The van der Waals surface area contributed by atoms with Crippen LogP contribution >= 0.6 is 11.3 Å². The average Bonchev–Trinajstić information content (AvgIpc) is 3.06. The monoisotopic (exact) mass is 400 g/mol. The van der Waals surface area contributed by atoms with Crippen LogP contribution in [0.4, 0.5) is 4.39 Å². The van der Waals surface area contributed by atoms with Crippen molar-refractivity contribution >= 4 is 27.5 Å². The topological polar surface area (TPSA) is 34.4 Å². The van der Waals surface area contributed by atoms with Gasteiger partial charge in [0.05, 0.1) is 22.7 Å². The third-order valence-corrected chi connectivity index (χ3v) is 5.65. The first-order valence-electron chi connectivity index (χ1n) is 9.08. The molecule has 0 fully saturated rings. The van der Waals surface area contributed by atoms with Crippen LogP contribution in [0.2, 0.25) is 0 Å². The van der Waals surface area contributed by atoms with E-state index in [1.165, 1.54) is 23.5 Å². The predicted molar refractivity (Wildman–Crippen MR) is 114 cm³/mol. The Morgan fingerprint density at radius 2 is 1.66 bits per heavy atom. The van der Waals surface area contributed by atoms with E-state index in [2.05, 4.69) is 10.9 Å². The van der Waals surface area contributed by atoms with Crippen LogP contribution in [0.25, 0.3) is 10.2 Å². The molecule has 0 radical (unpaired) electrons. The molecule has 0 saturated carbocycles. The number of thiazole rings is 1. The molecule has 3 nitrogen and oxygen atoms in total. The van der Waals surface area contributed by atoms with Gasteiger partial charge in [0.25, 0.3) is 5.91 Å². The fraction of sp³-hybridized carbons (Fsp3) is 0.0833. The predicted octanol–water partition coefficient (Wildman–Crippen LogP) is 4.73. The van der Waals surface area contributed by atoms with Crippen molar-refractivity contribution in [1.82, 2.24) is 4.57 Å². The molecule has 1 amide bonds. The van der Waals surface area contributed by atoms with E-state index >= 15 is 0 Å². The Kier molecular flexibility index (Phi) is 5.37. The largest absolute Gasteiger partial charge is 0.305 e. The number of nitrogens with zero attached hydrogens (tertiary/aromatic N) is 2. The number of hydrogen-bond donors (Lipinski definition) is 0. The van der Waals surface area contributed by atoms with Gasteiger partial charge in [0.1, 0.15) is 5.82 Å². The summed E-state index contributed by atoms with van der Waals surface area (Å²) in [5.41, 5.74) is 2.49. The van der Waals surface area contributed by atoms with E-state index in [-0.39, 0.29) is 18.3 Å². The first-order chi connectivity index (χ1) is 14.2. The molecule has 4 aromatic rings. The Labute approximate surface area is 171 Å². The molecule has 142 valence electrons. The molecule has 1 aromatic heterocycles. The molecule has 0 unspecified atom stereocenters. The highest BCUT2D eigenvalue weighted by molar-refractivity contribution is 7.16. The summed E-state index contributed by atoms with van der Waals surface area (Å²) in [6, 6.07) is 23.6. The zero-order valence-electron chi connectivity index (χ0n) is 15.5. The van der Waals surface area contributed by atoms with Crippen LogP contribution in [0, 0.1) is 18.2 Å². The van der Waals surface area contributed by atoms with Gasteiger partial charge in [-0.05, 0) is 29.3 Å². The Hall–Kier alpha value is -3.49. The second-order valence-corrected chi connectivity index (χ2v) is 7.50. The molecule has 0 aliphatic rings. The zero-order valence-corrected chi connectivity index (χ0v) is 16.3. The normalized spacial score (nSPS) is 11.7. The highest BCUT2D eigenvalue weighted by Gasteiger charge is 2.22. The quantitative estimate of drug-likeness (QED) is 0.456. The standard InChI is InChI=1S/C24H17FN2OS/c1-2-15-27-20-14-13-19(25)16-21(20)29-24(27)26-23(28)22(17-9-5-3-6-10-17)18-11-7-4-8-12-18/h1,3-14,16,22H,15H2. The van der Waals surface area contributed by atoms with Crippen LogP contribution in [-0.4, -0.2) is 10.5 Å². The van der Waals surface area contributed by atoms with Gasteiger partial charge in [-0.15, -0.1) is 6.42 Å². The van der Waals surface area contributed by atoms with Crippen molar-refractivity contribution in [2.24, 2.45) is 4.99 Å². The van der Waals surface area contributed by atoms with E-state index in [0.29, 0.717) is 9.50 Å². The van der Waals surface area contributed by atoms with Gasteiger partial charge >= 0.3 is 0 Å². The van der Waals surface area contributed by atoms with Gasteiger partial charge < -0.3 is 4.57 Å². The van der Waals surface area contributed by atoms with Crippen molar-refractivity contribution < 1.29 is 9.18 Å². The van der Waals surface area contributed by atoms with Crippen molar-refractivity contribution in [1.29, 1.82) is 0 Å². The molecule has 0 N–H and O–H groups in total. The number of amides is 1. The van der Waals surface area contributed by atoms with Crippen LogP contribution in [0.1, 0.15) is 17.0 Å². The molecule has 0 bridgehead atoms. The summed E-state index contributed by atoms with van der Waals surface area (Å²) in [5.74, 6) is 1.43. The minimum absolute atomic E-state index is 0.249. The number of rotatable bonds is 4. The summed E-state index contributed by atoms with van der Waals surface area (Å²) in [5, 5.41) is 0. The first-order valence-corrected chi connectivity index (χ1v) is 9.90. The number of terminal acetylenes is 1. The third kappa shape index (κ3) is 3.89. The number of fused-ring (bicyclic) bond motifs is 1. The Morgan fingerprint density at radius 1 is 1.03 bits per heavy atom. The van der Waals surface area contributed by atoms with Gasteiger partial charge in [-0.25, -0.2) is 4.39 Å². The summed E-state index contributed by atoms with van der Waals surface area (Å²) in [6.45, 7) is 0.249. The van der Waals surface area contributed by atoms with Gasteiger partial charge in [-0.1, -0.05) is 77.9 Å². The fourth-order valence-corrected chi connectivity index (χ4v) is 4.36. The van der Waals surface area contributed by atoms with Crippen LogP contribution < -0.4 is 4.80 Å². The summed E-state index contributed by atoms with van der Waals surface area (Å²) in [6.07, 6.45) is 5.52. The van der Waals surface area contributed by atoms with Crippen molar-refractivity contribution in [3.63, 3.8) is 0 Å². The molecular weight excluding hydrogens is 383 g/mol. The molecule has 4 rings (SSSR count).